The van der Waals surface area contributed by atoms with Crippen molar-refractivity contribution >= 4 is 11.6 Å². The van der Waals surface area contributed by atoms with Gasteiger partial charge in [-0.1, -0.05) is 0 Å². The van der Waals surface area contributed by atoms with Gasteiger partial charge in [-0.25, -0.2) is 4.98 Å². The lowest BCUT2D eigenvalue weighted by Crippen LogP contribution is -2.19. The SMILES string of the molecule is ClCc1cn(CC2CCOCC2)cn1. The van der Waals surface area contributed by atoms with Crippen LogP contribution in [0.2, 0.25) is 0 Å². The van der Waals surface area contributed by atoms with Crippen molar-refractivity contribution in [3.05, 3.63) is 18.2 Å². The quantitative estimate of drug-likeness (QED) is 0.721. The molecule has 0 radical (unpaired) electrons. The second-order valence-corrected chi connectivity index (χ2v) is 4.02. The van der Waals surface area contributed by atoms with Gasteiger partial charge in [0.1, 0.15) is 0 Å². The Morgan fingerprint density at radius 1 is 1.50 bits per heavy atom. The van der Waals surface area contributed by atoms with Crippen LogP contribution < -0.4 is 0 Å². The van der Waals surface area contributed by atoms with E-state index in [9.17, 15) is 0 Å². The van der Waals surface area contributed by atoms with Gasteiger partial charge in [0.2, 0.25) is 0 Å². The predicted molar refractivity (Wildman–Crippen MR) is 55.3 cm³/mol. The largest absolute Gasteiger partial charge is 0.381 e. The molecule has 0 bridgehead atoms. The van der Waals surface area contributed by atoms with Crippen molar-refractivity contribution < 1.29 is 4.74 Å². The van der Waals surface area contributed by atoms with Crippen molar-refractivity contribution in [1.82, 2.24) is 9.55 Å². The molecule has 1 aliphatic heterocycles. The minimum absolute atomic E-state index is 0.501. The smallest absolute Gasteiger partial charge is 0.0950 e. The van der Waals surface area contributed by atoms with Crippen LogP contribution >= 0.6 is 11.6 Å². The third-order valence-corrected chi connectivity index (χ3v) is 2.91. The highest BCUT2D eigenvalue weighted by Crippen LogP contribution is 2.17. The monoisotopic (exact) mass is 214 g/mol. The summed E-state index contributed by atoms with van der Waals surface area (Å²) in [4.78, 5) is 4.20. The summed E-state index contributed by atoms with van der Waals surface area (Å²) in [6, 6.07) is 0. The van der Waals surface area contributed by atoms with Crippen LogP contribution in [0.3, 0.4) is 0 Å². The summed E-state index contributed by atoms with van der Waals surface area (Å²) >= 11 is 5.69. The highest BCUT2D eigenvalue weighted by molar-refractivity contribution is 6.16. The van der Waals surface area contributed by atoms with Gasteiger partial charge in [-0.2, -0.15) is 0 Å². The molecule has 3 nitrogen and oxygen atoms in total. The van der Waals surface area contributed by atoms with Crippen LogP contribution in [0.4, 0.5) is 0 Å². The van der Waals surface area contributed by atoms with E-state index >= 15 is 0 Å². The first-order valence-corrected chi connectivity index (χ1v) is 5.56. The molecular formula is C10H15ClN2O. The number of halogens is 1. The molecule has 0 spiro atoms. The molecule has 4 heteroatoms. The van der Waals surface area contributed by atoms with Crippen molar-refractivity contribution in [2.24, 2.45) is 5.92 Å². The Hall–Kier alpha value is -0.540. The molecule has 2 rings (SSSR count). The van der Waals surface area contributed by atoms with Gasteiger partial charge < -0.3 is 9.30 Å². The van der Waals surface area contributed by atoms with Crippen molar-refractivity contribution in [3.8, 4) is 0 Å². The summed E-state index contributed by atoms with van der Waals surface area (Å²) in [5.41, 5.74) is 0.957. The molecular weight excluding hydrogens is 200 g/mol. The van der Waals surface area contributed by atoms with Crippen molar-refractivity contribution in [2.45, 2.75) is 25.3 Å². The fraction of sp³-hybridized carbons (Fsp3) is 0.700. The minimum Gasteiger partial charge on any atom is -0.381 e. The van der Waals surface area contributed by atoms with Crippen LogP contribution in [0.1, 0.15) is 18.5 Å². The standard InChI is InChI=1S/C10H15ClN2O/c11-5-10-7-13(8-12-10)6-9-1-3-14-4-2-9/h7-9H,1-6H2. The van der Waals surface area contributed by atoms with Gasteiger partial charge >= 0.3 is 0 Å². The summed E-state index contributed by atoms with van der Waals surface area (Å²) in [7, 11) is 0. The fourth-order valence-electron chi connectivity index (χ4n) is 1.80. The molecule has 14 heavy (non-hydrogen) atoms. The maximum absolute atomic E-state index is 5.69. The Kier molecular flexibility index (Phi) is 3.43. The van der Waals surface area contributed by atoms with Crippen LogP contribution in [-0.4, -0.2) is 22.8 Å². The number of hydrogen-bond acceptors (Lipinski definition) is 2. The molecule has 0 unspecified atom stereocenters. The van der Waals surface area contributed by atoms with Crippen LogP contribution in [0.25, 0.3) is 0 Å². The van der Waals surface area contributed by atoms with E-state index in [0.29, 0.717) is 5.88 Å². The summed E-state index contributed by atoms with van der Waals surface area (Å²) in [6.45, 7) is 2.86. The van der Waals surface area contributed by atoms with Gasteiger partial charge in [0.05, 0.1) is 17.9 Å². The number of ether oxygens (including phenoxy) is 1. The molecule has 0 saturated carbocycles. The molecule has 0 amide bonds. The number of rotatable bonds is 3. The molecule has 1 aromatic rings. The lowest BCUT2D eigenvalue weighted by Gasteiger charge is -2.21. The van der Waals surface area contributed by atoms with E-state index in [4.69, 9.17) is 16.3 Å². The van der Waals surface area contributed by atoms with E-state index in [1.807, 2.05) is 12.5 Å². The van der Waals surface area contributed by atoms with E-state index in [2.05, 4.69) is 9.55 Å². The first-order chi connectivity index (χ1) is 6.88. The summed E-state index contributed by atoms with van der Waals surface area (Å²) < 4.78 is 7.45. The molecule has 78 valence electrons. The third-order valence-electron chi connectivity index (χ3n) is 2.63. The molecule has 2 heterocycles. The minimum atomic E-state index is 0.501. The van der Waals surface area contributed by atoms with E-state index < -0.39 is 0 Å². The van der Waals surface area contributed by atoms with Crippen LogP contribution in [-0.2, 0) is 17.2 Å². The molecule has 0 atom stereocenters. The van der Waals surface area contributed by atoms with Gasteiger partial charge in [-0.05, 0) is 18.8 Å². The zero-order chi connectivity index (χ0) is 9.80. The van der Waals surface area contributed by atoms with E-state index in [1.165, 1.54) is 0 Å². The molecule has 0 aliphatic carbocycles. The lowest BCUT2D eigenvalue weighted by atomic mass is 10.0. The highest BCUT2D eigenvalue weighted by Gasteiger charge is 2.14. The number of alkyl halides is 1. The second-order valence-electron chi connectivity index (χ2n) is 3.75. The van der Waals surface area contributed by atoms with E-state index in [0.717, 1.165) is 44.2 Å². The summed E-state index contributed by atoms with van der Waals surface area (Å²) in [6.07, 6.45) is 6.22. The van der Waals surface area contributed by atoms with Crippen LogP contribution in [0.15, 0.2) is 12.5 Å². The molecule has 1 aromatic heterocycles. The fourth-order valence-corrected chi connectivity index (χ4v) is 1.94. The number of nitrogens with zero attached hydrogens (tertiary/aromatic N) is 2. The predicted octanol–water partition coefficient (Wildman–Crippen LogP) is 2.05. The number of aromatic nitrogens is 2. The van der Waals surface area contributed by atoms with Gasteiger partial charge in [-0.15, -0.1) is 11.6 Å². The van der Waals surface area contributed by atoms with Gasteiger partial charge in [0.15, 0.2) is 0 Å². The Morgan fingerprint density at radius 3 is 2.93 bits per heavy atom. The molecule has 0 N–H and O–H groups in total. The van der Waals surface area contributed by atoms with Crippen LogP contribution in [0, 0.1) is 5.92 Å². The normalized spacial score (nSPS) is 18.6. The molecule has 0 aromatic carbocycles. The average Bonchev–Trinajstić information content (AvgIpc) is 2.67. The van der Waals surface area contributed by atoms with Crippen LogP contribution in [0.5, 0.6) is 0 Å². The molecule has 1 aliphatic rings. The number of imidazole rings is 1. The Morgan fingerprint density at radius 2 is 2.29 bits per heavy atom. The van der Waals surface area contributed by atoms with Crippen molar-refractivity contribution in [3.63, 3.8) is 0 Å². The summed E-state index contributed by atoms with van der Waals surface area (Å²) in [5, 5.41) is 0. The molecule has 1 saturated heterocycles. The summed E-state index contributed by atoms with van der Waals surface area (Å²) in [5.74, 6) is 1.24. The Bertz CT molecular complexity index is 281. The number of hydrogen-bond donors (Lipinski definition) is 0. The van der Waals surface area contributed by atoms with E-state index in [-0.39, 0.29) is 0 Å². The Labute approximate surface area is 89.0 Å². The Balaban J connectivity index is 1.89. The van der Waals surface area contributed by atoms with Gasteiger partial charge in [0.25, 0.3) is 0 Å². The highest BCUT2D eigenvalue weighted by atomic mass is 35.5. The average molecular weight is 215 g/mol. The first kappa shape index (κ1) is 9.99. The zero-order valence-corrected chi connectivity index (χ0v) is 8.91. The van der Waals surface area contributed by atoms with Gasteiger partial charge in [0, 0.05) is 26.0 Å². The maximum Gasteiger partial charge on any atom is 0.0950 e. The molecule has 1 fully saturated rings. The van der Waals surface area contributed by atoms with Crippen molar-refractivity contribution in [1.29, 1.82) is 0 Å². The van der Waals surface area contributed by atoms with E-state index in [1.54, 1.807) is 0 Å². The van der Waals surface area contributed by atoms with Crippen molar-refractivity contribution in [2.75, 3.05) is 13.2 Å². The maximum atomic E-state index is 5.69. The van der Waals surface area contributed by atoms with Gasteiger partial charge in [-0.3, -0.25) is 0 Å². The first-order valence-electron chi connectivity index (χ1n) is 5.03. The zero-order valence-electron chi connectivity index (χ0n) is 8.16. The topological polar surface area (TPSA) is 27.1 Å². The third kappa shape index (κ3) is 2.49. The lowest BCUT2D eigenvalue weighted by molar-refractivity contribution is 0.0612. The second kappa shape index (κ2) is 4.80.